The first kappa shape index (κ1) is 10.7. The van der Waals surface area contributed by atoms with E-state index in [1.165, 1.54) is 4.90 Å². The van der Waals surface area contributed by atoms with Gasteiger partial charge in [-0.25, -0.2) is 0 Å². The standard InChI is InChI=1S/C12H12N2O2S/c13-12-10(5-14-16-12)9-3-1-2-4-11(9)17-8-6-15-7-8/h1-5,8H,6-7,13H2. The molecule has 0 aliphatic carbocycles. The monoisotopic (exact) mass is 248 g/mol. The van der Waals surface area contributed by atoms with Gasteiger partial charge >= 0.3 is 0 Å². The second kappa shape index (κ2) is 4.43. The molecule has 2 N–H and O–H groups in total. The molecule has 1 aliphatic heterocycles. The fourth-order valence-corrected chi connectivity index (χ4v) is 2.85. The van der Waals surface area contributed by atoms with E-state index in [0.717, 1.165) is 24.3 Å². The number of benzene rings is 1. The number of aromatic nitrogens is 1. The van der Waals surface area contributed by atoms with Gasteiger partial charge in [-0.15, -0.1) is 11.8 Å². The van der Waals surface area contributed by atoms with Crippen molar-refractivity contribution in [2.75, 3.05) is 18.9 Å². The maximum Gasteiger partial charge on any atom is 0.229 e. The average Bonchev–Trinajstić information content (AvgIpc) is 2.70. The molecule has 0 atom stereocenters. The highest BCUT2D eigenvalue weighted by Crippen LogP contribution is 2.37. The van der Waals surface area contributed by atoms with Crippen LogP contribution in [0.4, 0.5) is 5.88 Å². The van der Waals surface area contributed by atoms with Crippen LogP contribution in [0.15, 0.2) is 39.9 Å². The Morgan fingerprint density at radius 3 is 2.71 bits per heavy atom. The summed E-state index contributed by atoms with van der Waals surface area (Å²) in [5.41, 5.74) is 7.68. The minimum atomic E-state index is 0.364. The number of ether oxygens (including phenoxy) is 1. The first-order chi connectivity index (χ1) is 8.34. The molecule has 3 rings (SSSR count). The van der Waals surface area contributed by atoms with Gasteiger partial charge in [-0.1, -0.05) is 23.4 Å². The summed E-state index contributed by atoms with van der Waals surface area (Å²) >= 11 is 1.81. The zero-order valence-electron chi connectivity index (χ0n) is 9.13. The van der Waals surface area contributed by atoms with E-state index >= 15 is 0 Å². The lowest BCUT2D eigenvalue weighted by atomic mass is 10.1. The van der Waals surface area contributed by atoms with Crippen molar-refractivity contribution in [2.24, 2.45) is 0 Å². The zero-order valence-corrected chi connectivity index (χ0v) is 9.94. The third-order valence-corrected chi connectivity index (χ3v) is 3.89. The lowest BCUT2D eigenvalue weighted by Crippen LogP contribution is -2.30. The number of nitrogens with zero attached hydrogens (tertiary/aromatic N) is 1. The van der Waals surface area contributed by atoms with Crippen LogP contribution in [0, 0.1) is 0 Å². The largest absolute Gasteiger partial charge is 0.379 e. The Bertz CT molecular complexity index is 523. The number of thioether (sulfide) groups is 1. The van der Waals surface area contributed by atoms with E-state index in [1.54, 1.807) is 6.20 Å². The van der Waals surface area contributed by atoms with Gasteiger partial charge in [0.1, 0.15) is 0 Å². The van der Waals surface area contributed by atoms with E-state index in [-0.39, 0.29) is 0 Å². The summed E-state index contributed by atoms with van der Waals surface area (Å²) in [4.78, 5) is 1.19. The van der Waals surface area contributed by atoms with Gasteiger partial charge in [0, 0.05) is 10.5 Å². The molecule has 0 bridgehead atoms. The SMILES string of the molecule is Nc1oncc1-c1ccccc1SC1COC1. The van der Waals surface area contributed by atoms with Crippen LogP contribution in [0.3, 0.4) is 0 Å². The molecule has 0 spiro atoms. The summed E-state index contributed by atoms with van der Waals surface area (Å²) in [6.07, 6.45) is 1.66. The summed E-state index contributed by atoms with van der Waals surface area (Å²) in [7, 11) is 0. The summed E-state index contributed by atoms with van der Waals surface area (Å²) in [5.74, 6) is 0.364. The van der Waals surface area contributed by atoms with E-state index < -0.39 is 0 Å². The molecule has 2 heterocycles. The summed E-state index contributed by atoms with van der Waals surface area (Å²) < 4.78 is 10.1. The van der Waals surface area contributed by atoms with Crippen molar-refractivity contribution in [1.29, 1.82) is 0 Å². The highest BCUT2D eigenvalue weighted by Gasteiger charge is 2.21. The summed E-state index contributed by atoms with van der Waals surface area (Å²) in [6.45, 7) is 1.64. The summed E-state index contributed by atoms with van der Waals surface area (Å²) in [5, 5.41) is 4.26. The van der Waals surface area contributed by atoms with Crippen molar-refractivity contribution in [3.63, 3.8) is 0 Å². The van der Waals surface area contributed by atoms with Crippen LogP contribution in [0.2, 0.25) is 0 Å². The number of anilines is 1. The Hall–Kier alpha value is -1.46. The Morgan fingerprint density at radius 2 is 2.06 bits per heavy atom. The topological polar surface area (TPSA) is 61.3 Å². The van der Waals surface area contributed by atoms with Crippen LogP contribution in [0.25, 0.3) is 11.1 Å². The van der Waals surface area contributed by atoms with Gasteiger partial charge in [-0.05, 0) is 6.07 Å². The molecular formula is C12H12N2O2S. The number of nitrogens with two attached hydrogens (primary N) is 1. The number of rotatable bonds is 3. The van der Waals surface area contributed by atoms with E-state index in [2.05, 4.69) is 11.2 Å². The predicted octanol–water partition coefficient (Wildman–Crippen LogP) is 2.41. The molecule has 1 aliphatic rings. The van der Waals surface area contributed by atoms with Gasteiger partial charge in [0.25, 0.3) is 0 Å². The molecule has 17 heavy (non-hydrogen) atoms. The highest BCUT2D eigenvalue weighted by atomic mass is 32.2. The van der Waals surface area contributed by atoms with Crippen LogP contribution >= 0.6 is 11.8 Å². The van der Waals surface area contributed by atoms with E-state index in [4.69, 9.17) is 15.0 Å². The van der Waals surface area contributed by atoms with Crippen molar-refractivity contribution < 1.29 is 9.26 Å². The van der Waals surface area contributed by atoms with Gasteiger partial charge in [0.05, 0.1) is 30.2 Å². The minimum Gasteiger partial charge on any atom is -0.379 e. The number of nitrogen functional groups attached to an aromatic ring is 1. The first-order valence-electron chi connectivity index (χ1n) is 5.38. The van der Waals surface area contributed by atoms with Gasteiger partial charge in [-0.2, -0.15) is 0 Å². The second-order valence-electron chi connectivity index (χ2n) is 3.88. The van der Waals surface area contributed by atoms with Gasteiger partial charge in [-0.3, -0.25) is 0 Å². The maximum atomic E-state index is 5.76. The quantitative estimate of drug-likeness (QED) is 0.903. The van der Waals surface area contributed by atoms with Gasteiger partial charge < -0.3 is 15.0 Å². The van der Waals surface area contributed by atoms with Crippen LogP contribution in [0.1, 0.15) is 0 Å². The second-order valence-corrected chi connectivity index (χ2v) is 5.22. The van der Waals surface area contributed by atoms with E-state index in [0.29, 0.717) is 11.1 Å². The number of hydrogen-bond acceptors (Lipinski definition) is 5. The lowest BCUT2D eigenvalue weighted by Gasteiger charge is -2.25. The Labute approximate surface area is 103 Å². The van der Waals surface area contributed by atoms with Crippen molar-refractivity contribution in [1.82, 2.24) is 5.16 Å². The first-order valence-corrected chi connectivity index (χ1v) is 6.26. The van der Waals surface area contributed by atoms with E-state index in [1.807, 2.05) is 30.0 Å². The molecule has 1 fully saturated rings. The molecule has 2 aromatic rings. The van der Waals surface area contributed by atoms with Crippen LogP contribution in [0.5, 0.6) is 0 Å². The van der Waals surface area contributed by atoms with Crippen molar-refractivity contribution in [3.8, 4) is 11.1 Å². The van der Waals surface area contributed by atoms with E-state index in [9.17, 15) is 0 Å². The minimum absolute atomic E-state index is 0.364. The molecule has 0 amide bonds. The van der Waals surface area contributed by atoms with Gasteiger partial charge in [0.2, 0.25) is 5.88 Å². The van der Waals surface area contributed by atoms with Gasteiger partial charge in [0.15, 0.2) is 0 Å². The maximum absolute atomic E-state index is 5.76. The molecule has 1 aromatic carbocycles. The normalized spacial score (nSPS) is 15.8. The molecule has 5 heteroatoms. The molecular weight excluding hydrogens is 236 g/mol. The lowest BCUT2D eigenvalue weighted by molar-refractivity contribution is 0.0455. The molecule has 1 aromatic heterocycles. The molecule has 0 saturated carbocycles. The Morgan fingerprint density at radius 1 is 1.24 bits per heavy atom. The zero-order chi connectivity index (χ0) is 11.7. The predicted molar refractivity (Wildman–Crippen MR) is 66.8 cm³/mol. The molecule has 88 valence electrons. The number of hydrogen-bond donors (Lipinski definition) is 1. The van der Waals surface area contributed by atoms with Crippen molar-refractivity contribution >= 4 is 17.6 Å². The third kappa shape index (κ3) is 2.03. The van der Waals surface area contributed by atoms with Crippen LogP contribution < -0.4 is 5.73 Å². The Balaban J connectivity index is 1.95. The average molecular weight is 248 g/mol. The molecule has 0 unspecified atom stereocenters. The van der Waals surface area contributed by atoms with Crippen molar-refractivity contribution in [3.05, 3.63) is 30.5 Å². The fourth-order valence-electron chi connectivity index (χ4n) is 1.70. The van der Waals surface area contributed by atoms with Crippen LogP contribution in [-0.4, -0.2) is 23.6 Å². The highest BCUT2D eigenvalue weighted by molar-refractivity contribution is 8.00. The third-order valence-electron chi connectivity index (χ3n) is 2.68. The Kier molecular flexibility index (Phi) is 2.78. The summed E-state index contributed by atoms with van der Waals surface area (Å²) in [6, 6.07) is 8.13. The molecule has 1 saturated heterocycles. The van der Waals surface area contributed by atoms with Crippen LogP contribution in [-0.2, 0) is 4.74 Å². The fraction of sp³-hybridized carbons (Fsp3) is 0.250. The molecule has 0 radical (unpaired) electrons. The smallest absolute Gasteiger partial charge is 0.229 e. The van der Waals surface area contributed by atoms with Crippen molar-refractivity contribution in [2.45, 2.75) is 10.1 Å². The molecule has 4 nitrogen and oxygen atoms in total.